The molecular weight excluding hydrogens is 838 g/mol. The summed E-state index contributed by atoms with van der Waals surface area (Å²) < 4.78 is 18.7. The maximum Gasteiger partial charge on any atom is 0.407 e. The topological polar surface area (TPSA) is 189 Å². The lowest BCUT2D eigenvalue weighted by Gasteiger charge is -2.30. The minimum atomic E-state index is -0.720. The fourth-order valence-corrected chi connectivity index (χ4v) is 9.77. The number of halogens is 1. The van der Waals surface area contributed by atoms with Crippen molar-refractivity contribution in [3.8, 4) is 39.5 Å². The molecule has 0 saturated carbocycles. The Kier molecular flexibility index (Phi) is 12.9. The molecule has 4 N–H and O–H groups in total. The molecule has 2 saturated heterocycles. The fourth-order valence-electron chi connectivity index (χ4n) is 9.43. The minimum absolute atomic E-state index is 0.132. The van der Waals surface area contributed by atoms with E-state index >= 15 is 0 Å². The van der Waals surface area contributed by atoms with Gasteiger partial charge in [-0.2, -0.15) is 0 Å². The summed E-state index contributed by atoms with van der Waals surface area (Å²) in [5.74, 6) is 1.50. The van der Waals surface area contributed by atoms with Gasteiger partial charge in [0.15, 0.2) is 6.23 Å². The second kappa shape index (κ2) is 18.6. The first-order valence-corrected chi connectivity index (χ1v) is 22.8. The zero-order valence-corrected chi connectivity index (χ0v) is 38.3. The predicted octanol–water partition coefficient (Wildman–Crippen LogP) is 8.91. The average molecular weight is 896 g/mol. The lowest BCUT2D eigenvalue weighted by molar-refractivity contribution is -0.136. The number of H-pyrrole nitrogens is 2. The van der Waals surface area contributed by atoms with Crippen molar-refractivity contribution in [1.29, 1.82) is 0 Å². The number of hydrogen-bond donors (Lipinski definition) is 4. The van der Waals surface area contributed by atoms with Gasteiger partial charge in [-0.3, -0.25) is 9.59 Å². The van der Waals surface area contributed by atoms with Gasteiger partial charge in [0.2, 0.25) is 11.8 Å². The number of alkyl carbamates (subject to hydrolysis) is 2. The highest BCUT2D eigenvalue weighted by molar-refractivity contribution is 6.38. The van der Waals surface area contributed by atoms with Crippen LogP contribution in [0.4, 0.5) is 9.59 Å². The summed E-state index contributed by atoms with van der Waals surface area (Å²) in [5, 5.41) is 6.93. The number of nitrogens with one attached hydrogen (secondary N) is 4. The van der Waals surface area contributed by atoms with Crippen LogP contribution in [0.1, 0.15) is 110 Å². The summed E-state index contributed by atoms with van der Waals surface area (Å²) in [6.45, 7) is 10.9. The Hall–Kier alpha value is -6.03. The second-order valence-corrected chi connectivity index (χ2v) is 18.0. The average Bonchev–Trinajstić information content (AvgIpc) is 4.16. The third kappa shape index (κ3) is 8.39. The first-order valence-electron chi connectivity index (χ1n) is 22.4. The van der Waals surface area contributed by atoms with Gasteiger partial charge < -0.3 is 49.2 Å². The number of aromatic nitrogens is 5. The number of imidazole rings is 2. The van der Waals surface area contributed by atoms with E-state index in [0.717, 1.165) is 89.6 Å². The van der Waals surface area contributed by atoms with Crippen LogP contribution in [0.15, 0.2) is 48.8 Å². The number of nitrogens with zero attached hydrogens (tertiary/aromatic N) is 5. The summed E-state index contributed by atoms with van der Waals surface area (Å²) in [4.78, 5) is 71.8. The van der Waals surface area contributed by atoms with Crippen molar-refractivity contribution in [2.45, 2.75) is 110 Å². The molecule has 0 radical (unpaired) electrons. The molecule has 8 rings (SSSR count). The van der Waals surface area contributed by atoms with E-state index in [1.807, 2.05) is 45.9 Å². The van der Waals surface area contributed by atoms with Crippen LogP contribution in [0.5, 0.6) is 5.75 Å². The standard InChI is InChI=1S/C47H58ClN9O7/c1-8-9-14-37-57-33-18-16-27(31-23-49-42(51-31)34-12-10-19-55(34)44(58)39(25(2)3)53-46(60)62-6)21-30(33)38(48)41(57)29-17-15-28(22-36(29)64-37)32-24-50-43(52-32)35-13-11-20-56(35)45(59)40(26(4)5)54-47(61)63-7/h15-18,21-26,34-35,37,39-40H,8-14,19-20H2,1-7H3,(H,49,51)(H,50,52)(H,53,60)(H,54,61)/t34-,35?,37?,39?,40?/m0/s1. The molecule has 5 atom stereocenters. The van der Waals surface area contributed by atoms with Crippen molar-refractivity contribution in [2.75, 3.05) is 27.3 Å². The highest BCUT2D eigenvalue weighted by Crippen LogP contribution is 2.50. The summed E-state index contributed by atoms with van der Waals surface area (Å²) in [6, 6.07) is 10.3. The van der Waals surface area contributed by atoms with Gasteiger partial charge >= 0.3 is 12.2 Å². The maximum atomic E-state index is 13.8. The highest BCUT2D eigenvalue weighted by Gasteiger charge is 2.39. The Morgan fingerprint density at radius 2 is 1.34 bits per heavy atom. The Morgan fingerprint density at radius 3 is 1.86 bits per heavy atom. The SMILES string of the molecule is CCCCC1Oc2cc(-c3cnc(C4CCCN4C(=O)C(NC(=O)OC)C(C)C)[nH]3)ccc2-c2c(Cl)c3cc(-c4cnc([C@@H]5CCCN5C(=O)C(NC(=O)OC)C(C)C)[nH]4)ccc3n21. The van der Waals surface area contributed by atoms with Crippen LogP contribution in [0, 0.1) is 11.8 Å². The molecule has 6 heterocycles. The number of ether oxygens (including phenoxy) is 3. The summed E-state index contributed by atoms with van der Waals surface area (Å²) in [5.41, 5.74) is 6.10. The zero-order valence-electron chi connectivity index (χ0n) is 37.5. The molecule has 0 spiro atoms. The number of unbranched alkanes of at least 4 members (excludes halogenated alkanes) is 1. The van der Waals surface area contributed by atoms with Crippen LogP contribution in [0.2, 0.25) is 5.02 Å². The molecule has 340 valence electrons. The normalized spacial score (nSPS) is 19.1. The van der Waals surface area contributed by atoms with Crippen LogP contribution in [0.25, 0.3) is 44.7 Å². The Labute approximate surface area is 377 Å². The van der Waals surface area contributed by atoms with Crippen molar-refractivity contribution >= 4 is 46.5 Å². The fraction of sp³-hybridized carbons (Fsp3) is 0.489. The van der Waals surface area contributed by atoms with E-state index in [4.69, 9.17) is 35.8 Å². The van der Waals surface area contributed by atoms with Gasteiger partial charge in [-0.25, -0.2) is 19.6 Å². The molecule has 3 aromatic heterocycles. The van der Waals surface area contributed by atoms with E-state index in [-0.39, 0.29) is 42.0 Å². The van der Waals surface area contributed by atoms with Gasteiger partial charge in [0.05, 0.1) is 66.3 Å². The van der Waals surface area contributed by atoms with Gasteiger partial charge in [-0.15, -0.1) is 0 Å². The molecular formula is C47H58ClN9O7. The number of methoxy groups -OCH3 is 2. The number of hydrogen-bond acceptors (Lipinski definition) is 9. The van der Waals surface area contributed by atoms with Gasteiger partial charge in [0.25, 0.3) is 0 Å². The van der Waals surface area contributed by atoms with Crippen molar-refractivity contribution in [3.63, 3.8) is 0 Å². The molecule has 0 aliphatic carbocycles. The minimum Gasteiger partial charge on any atom is -0.469 e. The molecule has 4 unspecified atom stereocenters. The second-order valence-electron chi connectivity index (χ2n) is 17.6. The Balaban J connectivity index is 1.07. The van der Waals surface area contributed by atoms with E-state index in [1.54, 1.807) is 22.2 Å². The van der Waals surface area contributed by atoms with Crippen LogP contribution in [0.3, 0.4) is 0 Å². The number of likely N-dealkylation sites (tertiary alicyclic amines) is 2. The number of aromatic amines is 2. The van der Waals surface area contributed by atoms with Gasteiger partial charge in [-0.05, 0) is 68.2 Å². The van der Waals surface area contributed by atoms with E-state index in [2.05, 4.69) is 50.3 Å². The van der Waals surface area contributed by atoms with Crippen molar-refractivity contribution < 1.29 is 33.4 Å². The highest BCUT2D eigenvalue weighted by atomic mass is 35.5. The summed E-state index contributed by atoms with van der Waals surface area (Å²) in [7, 11) is 2.58. The smallest absolute Gasteiger partial charge is 0.407 e. The van der Waals surface area contributed by atoms with Gasteiger partial charge in [-0.1, -0.05) is 64.8 Å². The zero-order chi connectivity index (χ0) is 45.4. The first-order chi connectivity index (χ1) is 30.8. The van der Waals surface area contributed by atoms with Crippen LogP contribution >= 0.6 is 11.6 Å². The number of rotatable bonds is 13. The number of carbonyl (C=O) groups is 4. The van der Waals surface area contributed by atoms with Crippen molar-refractivity contribution in [2.24, 2.45) is 11.8 Å². The number of fused-ring (bicyclic) bond motifs is 5. The molecule has 2 aromatic carbocycles. The molecule has 16 nitrogen and oxygen atoms in total. The molecule has 3 aliphatic heterocycles. The summed E-state index contributed by atoms with van der Waals surface area (Å²) >= 11 is 7.41. The van der Waals surface area contributed by atoms with E-state index < -0.39 is 24.3 Å². The lowest BCUT2D eigenvalue weighted by atomic mass is 10.0. The Bertz CT molecular complexity index is 2550. The lowest BCUT2D eigenvalue weighted by Crippen LogP contribution is -2.51. The number of carbonyl (C=O) groups excluding carboxylic acids is 4. The van der Waals surface area contributed by atoms with Crippen molar-refractivity contribution in [1.82, 2.24) is 44.9 Å². The van der Waals surface area contributed by atoms with E-state index in [9.17, 15) is 19.2 Å². The third-order valence-corrected chi connectivity index (χ3v) is 13.2. The van der Waals surface area contributed by atoms with Crippen LogP contribution in [-0.2, 0) is 19.1 Å². The van der Waals surface area contributed by atoms with Gasteiger partial charge in [0, 0.05) is 41.6 Å². The van der Waals surface area contributed by atoms with Crippen LogP contribution in [-0.4, -0.2) is 97.7 Å². The number of benzene rings is 2. The molecule has 5 aromatic rings. The molecule has 64 heavy (non-hydrogen) atoms. The predicted molar refractivity (Wildman–Crippen MR) is 242 cm³/mol. The van der Waals surface area contributed by atoms with Gasteiger partial charge in [0.1, 0.15) is 29.5 Å². The molecule has 17 heteroatoms. The molecule has 3 aliphatic rings. The van der Waals surface area contributed by atoms with E-state index in [0.29, 0.717) is 35.5 Å². The number of amides is 4. The Morgan fingerprint density at radius 1 is 0.812 bits per heavy atom. The summed E-state index contributed by atoms with van der Waals surface area (Å²) in [6.07, 6.45) is 7.89. The maximum absolute atomic E-state index is 13.8. The molecule has 2 fully saturated rings. The van der Waals surface area contributed by atoms with Crippen LogP contribution < -0.4 is 15.4 Å². The van der Waals surface area contributed by atoms with Crippen molar-refractivity contribution in [3.05, 3.63) is 65.5 Å². The van der Waals surface area contributed by atoms with E-state index in [1.165, 1.54) is 14.2 Å². The molecule has 0 bridgehead atoms. The molecule has 4 amide bonds. The quantitative estimate of drug-likeness (QED) is 0.0895. The monoisotopic (exact) mass is 895 g/mol. The largest absolute Gasteiger partial charge is 0.469 e. The third-order valence-electron chi connectivity index (χ3n) is 12.8. The first kappa shape index (κ1) is 44.6.